The summed E-state index contributed by atoms with van der Waals surface area (Å²) in [5, 5.41) is 3.19. The van der Waals surface area contributed by atoms with Crippen LogP contribution in [0.2, 0.25) is 0 Å². The van der Waals surface area contributed by atoms with Crippen molar-refractivity contribution in [1.82, 2.24) is 10.2 Å². The van der Waals surface area contributed by atoms with Crippen LogP contribution in [0.15, 0.2) is 48.5 Å². The third-order valence-corrected chi connectivity index (χ3v) is 6.65. The molecule has 0 radical (unpaired) electrons. The van der Waals surface area contributed by atoms with Gasteiger partial charge in [-0.3, -0.25) is 0 Å². The van der Waals surface area contributed by atoms with Crippen LogP contribution >= 0.6 is 0 Å². The van der Waals surface area contributed by atoms with Crippen molar-refractivity contribution >= 4 is 6.09 Å². The average molecular weight is 591 g/mol. The molecular formula is C29H36F6N2O4. The second-order valence-electron chi connectivity index (χ2n) is 10.9. The highest BCUT2D eigenvalue weighted by Gasteiger charge is 2.35. The summed E-state index contributed by atoms with van der Waals surface area (Å²) < 4.78 is 87.8. The zero-order valence-electron chi connectivity index (χ0n) is 23.3. The molecule has 0 atom stereocenters. The molecule has 6 nitrogen and oxygen atoms in total. The molecule has 228 valence electrons. The lowest BCUT2D eigenvalue weighted by Crippen LogP contribution is -2.41. The van der Waals surface area contributed by atoms with Crippen molar-refractivity contribution in [3.63, 3.8) is 0 Å². The number of hydrogen-bond donors (Lipinski definition) is 1. The minimum Gasteiger partial charge on any atom is -0.444 e. The number of rotatable bonds is 4. The summed E-state index contributed by atoms with van der Waals surface area (Å²) in [4.78, 5) is 13.6. The molecule has 2 aromatic carbocycles. The van der Waals surface area contributed by atoms with E-state index < -0.39 is 18.3 Å². The van der Waals surface area contributed by atoms with E-state index in [0.29, 0.717) is 37.1 Å². The van der Waals surface area contributed by atoms with Crippen LogP contribution < -0.4 is 14.8 Å². The van der Waals surface area contributed by atoms with Crippen LogP contribution in [0, 0.1) is 0 Å². The average Bonchev–Trinajstić information content (AvgIpc) is 2.88. The van der Waals surface area contributed by atoms with Gasteiger partial charge < -0.3 is 24.4 Å². The summed E-state index contributed by atoms with van der Waals surface area (Å²) in [6.07, 6.45) is -6.90. The first-order valence-electron chi connectivity index (χ1n) is 13.5. The predicted octanol–water partition coefficient (Wildman–Crippen LogP) is 7.75. The predicted molar refractivity (Wildman–Crippen MR) is 141 cm³/mol. The normalized spacial score (nSPS) is 17.3. The molecule has 1 N–H and O–H groups in total. The fourth-order valence-electron chi connectivity index (χ4n) is 4.90. The molecule has 12 heteroatoms. The highest BCUT2D eigenvalue weighted by Crippen LogP contribution is 2.37. The first kappa shape index (κ1) is 32.4. The molecule has 2 aromatic rings. The second kappa shape index (κ2) is 13.7. The zero-order valence-corrected chi connectivity index (χ0v) is 23.3. The largest absolute Gasteiger partial charge is 0.573 e. The van der Waals surface area contributed by atoms with E-state index in [9.17, 15) is 31.1 Å². The number of piperidine rings is 2. The first-order chi connectivity index (χ1) is 19.1. The lowest BCUT2D eigenvalue weighted by Gasteiger charge is -2.34. The number of carbonyl (C=O) groups excluding carboxylic acids is 1. The molecule has 2 heterocycles. The van der Waals surface area contributed by atoms with Crippen LogP contribution in [0.1, 0.15) is 69.4 Å². The van der Waals surface area contributed by atoms with Gasteiger partial charge in [0.2, 0.25) is 0 Å². The zero-order chi connectivity index (χ0) is 30.3. The number of nitrogens with zero attached hydrogens (tertiary/aromatic N) is 1. The molecule has 0 saturated carbocycles. The van der Waals surface area contributed by atoms with Gasteiger partial charge in [-0.1, -0.05) is 36.4 Å². The summed E-state index contributed by atoms with van der Waals surface area (Å²) >= 11 is 0. The van der Waals surface area contributed by atoms with E-state index in [4.69, 9.17) is 4.74 Å². The van der Waals surface area contributed by atoms with Gasteiger partial charge in [0.05, 0.1) is 0 Å². The number of likely N-dealkylation sites (tertiary alicyclic amines) is 1. The van der Waals surface area contributed by atoms with E-state index in [1.165, 1.54) is 18.2 Å². The van der Waals surface area contributed by atoms with Gasteiger partial charge in [0.1, 0.15) is 17.1 Å². The second-order valence-corrected chi connectivity index (χ2v) is 10.9. The quantitative estimate of drug-likeness (QED) is 0.369. The molecule has 4 rings (SSSR count). The van der Waals surface area contributed by atoms with Gasteiger partial charge in [-0.2, -0.15) is 0 Å². The fourth-order valence-corrected chi connectivity index (χ4v) is 4.90. The highest BCUT2D eigenvalue weighted by atomic mass is 19.4. The topological polar surface area (TPSA) is 60.0 Å². The van der Waals surface area contributed by atoms with Gasteiger partial charge in [0.25, 0.3) is 0 Å². The van der Waals surface area contributed by atoms with Crippen LogP contribution in [0.5, 0.6) is 11.5 Å². The number of carbonyl (C=O) groups is 1. The van der Waals surface area contributed by atoms with Crippen molar-refractivity contribution in [1.29, 1.82) is 0 Å². The van der Waals surface area contributed by atoms with Crippen LogP contribution in [0.3, 0.4) is 0 Å². The van der Waals surface area contributed by atoms with Crippen LogP contribution in [-0.4, -0.2) is 55.5 Å². The molecular weight excluding hydrogens is 554 g/mol. The van der Waals surface area contributed by atoms with Crippen LogP contribution in [0.25, 0.3) is 0 Å². The Bertz CT molecular complexity index is 1120. The molecule has 0 bridgehead atoms. The molecule has 1 amide bonds. The SMILES string of the molecule is CC(C)(C)OC(=O)N1CCC(c2ccccc2OC(F)(F)F)CC1.FC(F)(F)Oc1ccccc1C1CCNCC1. The smallest absolute Gasteiger partial charge is 0.444 e. The Balaban J connectivity index is 0.000000239. The van der Waals surface area contributed by atoms with E-state index in [2.05, 4.69) is 14.8 Å². The van der Waals surface area contributed by atoms with Gasteiger partial charge in [0, 0.05) is 13.1 Å². The molecule has 2 aliphatic heterocycles. The molecule has 0 aliphatic carbocycles. The Morgan fingerprint density at radius 1 is 0.732 bits per heavy atom. The molecule has 0 aromatic heterocycles. The number of amides is 1. The number of nitrogens with one attached hydrogen (secondary N) is 1. The lowest BCUT2D eigenvalue weighted by atomic mass is 9.89. The Labute approximate surface area is 235 Å². The standard InChI is InChI=1S/C17H22F3NO3.C12H14F3NO/c1-16(2,3)24-15(22)21-10-8-12(9-11-21)13-6-4-5-7-14(13)23-17(18,19)20;13-12(14,15)17-11-4-2-1-3-10(11)9-5-7-16-8-6-9/h4-7,12H,8-11H2,1-3H3;1-4,9,16H,5-8H2. The van der Waals surface area contributed by atoms with Gasteiger partial charge in [-0.05, 0) is 94.6 Å². The third kappa shape index (κ3) is 11.0. The lowest BCUT2D eigenvalue weighted by molar-refractivity contribution is -0.276. The third-order valence-electron chi connectivity index (χ3n) is 6.65. The van der Waals surface area contributed by atoms with Crippen molar-refractivity contribution in [2.45, 2.75) is 76.6 Å². The summed E-state index contributed by atoms with van der Waals surface area (Å²) in [6, 6.07) is 12.6. The van der Waals surface area contributed by atoms with E-state index in [1.54, 1.807) is 56.0 Å². The van der Waals surface area contributed by atoms with Gasteiger partial charge >= 0.3 is 18.8 Å². The van der Waals surface area contributed by atoms with Gasteiger partial charge in [-0.25, -0.2) is 4.79 Å². The number of alkyl halides is 6. The van der Waals surface area contributed by atoms with E-state index in [1.807, 2.05) is 0 Å². The maximum Gasteiger partial charge on any atom is 0.573 e. The van der Waals surface area contributed by atoms with Crippen molar-refractivity contribution in [3.8, 4) is 11.5 Å². The number of para-hydroxylation sites is 2. The van der Waals surface area contributed by atoms with Crippen LogP contribution in [0.4, 0.5) is 31.1 Å². The summed E-state index contributed by atoms with van der Waals surface area (Å²) in [5.41, 5.74) is 0.617. The Hall–Kier alpha value is -3.15. The van der Waals surface area contributed by atoms with Crippen molar-refractivity contribution in [2.75, 3.05) is 26.2 Å². The number of benzene rings is 2. The molecule has 2 saturated heterocycles. The van der Waals surface area contributed by atoms with Crippen molar-refractivity contribution < 1.29 is 45.3 Å². The monoisotopic (exact) mass is 590 g/mol. The fraction of sp³-hybridized carbons (Fsp3) is 0.552. The highest BCUT2D eigenvalue weighted by molar-refractivity contribution is 5.68. The minimum absolute atomic E-state index is 0.0631. The summed E-state index contributed by atoms with van der Waals surface area (Å²) in [6.45, 7) is 7.95. The molecule has 2 aliphatic rings. The van der Waals surface area contributed by atoms with Crippen molar-refractivity contribution in [2.24, 2.45) is 0 Å². The maximum atomic E-state index is 12.5. The molecule has 0 unspecified atom stereocenters. The van der Waals surface area contributed by atoms with Gasteiger partial charge in [0.15, 0.2) is 0 Å². The number of ether oxygens (including phenoxy) is 3. The molecule has 2 fully saturated rings. The summed E-state index contributed by atoms with van der Waals surface area (Å²) in [7, 11) is 0. The van der Waals surface area contributed by atoms with E-state index >= 15 is 0 Å². The van der Waals surface area contributed by atoms with Crippen LogP contribution in [-0.2, 0) is 4.74 Å². The van der Waals surface area contributed by atoms with E-state index in [-0.39, 0.29) is 29.4 Å². The maximum absolute atomic E-state index is 12.5. The van der Waals surface area contributed by atoms with Crippen molar-refractivity contribution in [3.05, 3.63) is 59.7 Å². The molecule has 41 heavy (non-hydrogen) atoms. The Kier molecular flexibility index (Phi) is 10.8. The summed E-state index contributed by atoms with van der Waals surface area (Å²) in [5.74, 6) is -0.162. The number of halogens is 6. The minimum atomic E-state index is -4.71. The first-order valence-corrected chi connectivity index (χ1v) is 13.5. The number of hydrogen-bond acceptors (Lipinski definition) is 5. The van der Waals surface area contributed by atoms with E-state index in [0.717, 1.165) is 25.9 Å². The van der Waals surface area contributed by atoms with Gasteiger partial charge in [-0.15, -0.1) is 26.3 Å². The Morgan fingerprint density at radius 2 is 1.15 bits per heavy atom. The molecule has 0 spiro atoms. The Morgan fingerprint density at radius 3 is 1.56 bits per heavy atom.